The fourth-order valence-corrected chi connectivity index (χ4v) is 1.65. The molecule has 1 aromatic rings. The summed E-state index contributed by atoms with van der Waals surface area (Å²) in [6.07, 6.45) is 1.26. The van der Waals surface area contributed by atoms with E-state index in [9.17, 15) is 0 Å². The second-order valence-corrected chi connectivity index (χ2v) is 5.94. The Bertz CT molecular complexity index is 388. The minimum atomic E-state index is 0.156. The molecule has 0 amide bonds. The van der Waals surface area contributed by atoms with Gasteiger partial charge in [-0.3, -0.25) is 0 Å². The molecule has 1 rings (SSSR count). The van der Waals surface area contributed by atoms with E-state index in [1.807, 2.05) is 26.2 Å². The van der Waals surface area contributed by atoms with Gasteiger partial charge in [0.1, 0.15) is 11.9 Å². The van der Waals surface area contributed by atoms with E-state index in [1.54, 1.807) is 0 Å². The van der Waals surface area contributed by atoms with Crippen LogP contribution in [0.25, 0.3) is 0 Å². The fourth-order valence-electron chi connectivity index (χ4n) is 1.65. The van der Waals surface area contributed by atoms with Gasteiger partial charge in [0.25, 0.3) is 0 Å². The van der Waals surface area contributed by atoms with Crippen molar-refractivity contribution in [3.8, 4) is 5.75 Å². The molecule has 0 aliphatic rings. The average Bonchev–Trinajstić information content (AvgIpc) is 2.37. The molecular formula is C16H28N2O. The van der Waals surface area contributed by atoms with E-state index in [-0.39, 0.29) is 11.6 Å². The van der Waals surface area contributed by atoms with E-state index in [1.165, 1.54) is 0 Å². The molecule has 0 fully saturated rings. The molecule has 3 nitrogen and oxygen atoms in total. The van der Waals surface area contributed by atoms with Crippen molar-refractivity contribution >= 4 is 5.69 Å². The Balaban J connectivity index is 2.52. The fraction of sp³-hybridized carbons (Fsp3) is 0.625. The Hall–Kier alpha value is -1.22. The lowest BCUT2D eigenvalue weighted by Gasteiger charge is -2.27. The maximum absolute atomic E-state index is 5.96. The number of nitrogens with one attached hydrogen (secondary N) is 1. The highest BCUT2D eigenvalue weighted by atomic mass is 16.5. The average molecular weight is 264 g/mol. The maximum Gasteiger partial charge on any atom is 0.121 e. The summed E-state index contributed by atoms with van der Waals surface area (Å²) in [5.41, 5.74) is 1.33. The van der Waals surface area contributed by atoms with Gasteiger partial charge in [-0.2, -0.15) is 0 Å². The van der Waals surface area contributed by atoms with E-state index >= 15 is 0 Å². The molecule has 1 N–H and O–H groups in total. The number of nitrogens with zero attached hydrogens (tertiary/aromatic N) is 1. The van der Waals surface area contributed by atoms with E-state index < -0.39 is 0 Å². The highest BCUT2D eigenvalue weighted by molar-refractivity contribution is 5.49. The Morgan fingerprint density at radius 2 is 2.00 bits per heavy atom. The predicted octanol–water partition coefficient (Wildman–Crippen LogP) is 3.30. The Kier molecular flexibility index (Phi) is 5.67. The normalized spacial score (nSPS) is 13.2. The zero-order valence-electron chi connectivity index (χ0n) is 13.2. The van der Waals surface area contributed by atoms with Crippen molar-refractivity contribution in [1.82, 2.24) is 5.32 Å². The highest BCUT2D eigenvalue weighted by Gasteiger charge is 2.15. The summed E-state index contributed by atoms with van der Waals surface area (Å²) in [4.78, 5) is 2.08. The van der Waals surface area contributed by atoms with E-state index in [0.29, 0.717) is 0 Å². The molecule has 1 aromatic carbocycles. The van der Waals surface area contributed by atoms with Crippen LogP contribution >= 0.6 is 0 Å². The van der Waals surface area contributed by atoms with Crippen LogP contribution in [0.5, 0.6) is 5.75 Å². The Labute approximate surface area is 118 Å². The van der Waals surface area contributed by atoms with Crippen LogP contribution < -0.4 is 15.0 Å². The lowest BCUT2D eigenvalue weighted by Crippen LogP contribution is -2.43. The predicted molar refractivity (Wildman–Crippen MR) is 83.2 cm³/mol. The van der Waals surface area contributed by atoms with Crippen molar-refractivity contribution in [3.05, 3.63) is 24.3 Å². The van der Waals surface area contributed by atoms with Gasteiger partial charge in [-0.15, -0.1) is 0 Å². The molecule has 1 unspecified atom stereocenters. The molecule has 0 aliphatic heterocycles. The van der Waals surface area contributed by atoms with Gasteiger partial charge < -0.3 is 15.0 Å². The molecule has 108 valence electrons. The van der Waals surface area contributed by atoms with E-state index in [4.69, 9.17) is 4.74 Å². The van der Waals surface area contributed by atoms with Gasteiger partial charge in [0, 0.05) is 37.9 Å². The quantitative estimate of drug-likeness (QED) is 0.818. The third-order valence-electron chi connectivity index (χ3n) is 3.42. The van der Waals surface area contributed by atoms with Gasteiger partial charge in [-0.1, -0.05) is 13.0 Å². The summed E-state index contributed by atoms with van der Waals surface area (Å²) < 4.78 is 5.96. The number of anilines is 1. The van der Waals surface area contributed by atoms with Crippen molar-refractivity contribution in [3.63, 3.8) is 0 Å². The van der Waals surface area contributed by atoms with Gasteiger partial charge >= 0.3 is 0 Å². The van der Waals surface area contributed by atoms with Gasteiger partial charge in [0.15, 0.2) is 0 Å². The highest BCUT2D eigenvalue weighted by Crippen LogP contribution is 2.20. The van der Waals surface area contributed by atoms with Crippen molar-refractivity contribution in [2.45, 2.75) is 45.8 Å². The Morgan fingerprint density at radius 3 is 2.58 bits per heavy atom. The van der Waals surface area contributed by atoms with Gasteiger partial charge in [-0.25, -0.2) is 0 Å². The SMILES string of the molecule is CCC(C)(C)NCC(C)Oc1cccc(N(C)C)c1. The molecule has 0 radical (unpaired) electrons. The van der Waals surface area contributed by atoms with Gasteiger partial charge in [0.05, 0.1) is 0 Å². The summed E-state index contributed by atoms with van der Waals surface area (Å²) >= 11 is 0. The molecule has 3 heteroatoms. The van der Waals surface area contributed by atoms with Crippen LogP contribution in [0.15, 0.2) is 24.3 Å². The molecule has 0 heterocycles. The number of hydrogen-bond donors (Lipinski definition) is 1. The summed E-state index contributed by atoms with van der Waals surface area (Å²) in [7, 11) is 4.07. The first-order valence-corrected chi connectivity index (χ1v) is 7.03. The summed E-state index contributed by atoms with van der Waals surface area (Å²) in [6, 6.07) is 8.19. The standard InChI is InChI=1S/C16H28N2O/c1-7-16(3,4)17-12-13(2)19-15-10-8-9-14(11-15)18(5)6/h8-11,13,17H,7,12H2,1-6H3. The summed E-state index contributed by atoms with van der Waals surface area (Å²) in [6.45, 7) is 9.58. The van der Waals surface area contributed by atoms with E-state index in [2.05, 4.69) is 50.0 Å². The number of ether oxygens (including phenoxy) is 1. The Morgan fingerprint density at radius 1 is 1.32 bits per heavy atom. The van der Waals surface area contributed by atoms with Crippen LogP contribution in [0.3, 0.4) is 0 Å². The topological polar surface area (TPSA) is 24.5 Å². The van der Waals surface area contributed by atoms with Crippen molar-refractivity contribution < 1.29 is 4.74 Å². The van der Waals surface area contributed by atoms with Crippen LogP contribution in [0, 0.1) is 0 Å². The lowest BCUT2D eigenvalue weighted by atomic mass is 10.0. The second kappa shape index (κ2) is 6.80. The number of rotatable bonds is 7. The first kappa shape index (κ1) is 15.8. The van der Waals surface area contributed by atoms with Gasteiger partial charge in [-0.05, 0) is 39.3 Å². The molecule has 0 spiro atoms. The smallest absolute Gasteiger partial charge is 0.121 e. The van der Waals surface area contributed by atoms with E-state index in [0.717, 1.165) is 24.4 Å². The van der Waals surface area contributed by atoms with Crippen molar-refractivity contribution in [2.24, 2.45) is 0 Å². The van der Waals surface area contributed by atoms with Gasteiger partial charge in [0.2, 0.25) is 0 Å². The molecular weight excluding hydrogens is 236 g/mol. The zero-order chi connectivity index (χ0) is 14.5. The molecule has 19 heavy (non-hydrogen) atoms. The minimum absolute atomic E-state index is 0.156. The number of benzene rings is 1. The zero-order valence-corrected chi connectivity index (χ0v) is 13.2. The third kappa shape index (κ3) is 5.52. The van der Waals surface area contributed by atoms with Crippen LogP contribution in [-0.2, 0) is 0 Å². The number of hydrogen-bond acceptors (Lipinski definition) is 3. The first-order chi connectivity index (χ1) is 8.84. The molecule has 0 saturated carbocycles. The summed E-state index contributed by atoms with van der Waals surface area (Å²) in [5.74, 6) is 0.926. The van der Waals surface area contributed by atoms with Crippen LogP contribution in [0.2, 0.25) is 0 Å². The third-order valence-corrected chi connectivity index (χ3v) is 3.42. The molecule has 0 aromatic heterocycles. The monoisotopic (exact) mass is 264 g/mol. The lowest BCUT2D eigenvalue weighted by molar-refractivity contribution is 0.199. The summed E-state index contributed by atoms with van der Waals surface area (Å²) in [5, 5.41) is 3.53. The maximum atomic E-state index is 5.96. The van der Waals surface area contributed by atoms with Crippen molar-refractivity contribution in [2.75, 3.05) is 25.5 Å². The molecule has 1 atom stereocenters. The van der Waals surface area contributed by atoms with Crippen LogP contribution in [0.1, 0.15) is 34.1 Å². The second-order valence-electron chi connectivity index (χ2n) is 5.94. The van der Waals surface area contributed by atoms with Crippen molar-refractivity contribution in [1.29, 1.82) is 0 Å². The van der Waals surface area contributed by atoms with Crippen LogP contribution in [-0.4, -0.2) is 32.3 Å². The molecule has 0 saturated heterocycles. The first-order valence-electron chi connectivity index (χ1n) is 7.03. The molecule has 0 bridgehead atoms. The minimum Gasteiger partial charge on any atom is -0.489 e. The molecule has 0 aliphatic carbocycles. The largest absolute Gasteiger partial charge is 0.489 e. The van der Waals surface area contributed by atoms with Crippen LogP contribution in [0.4, 0.5) is 5.69 Å².